The van der Waals surface area contributed by atoms with Crippen molar-refractivity contribution in [2.24, 2.45) is 11.8 Å². The topological polar surface area (TPSA) is 63.6 Å². The predicted molar refractivity (Wildman–Crippen MR) is 119 cm³/mol. The molecule has 2 aromatic carbocycles. The van der Waals surface area contributed by atoms with Crippen molar-refractivity contribution >= 4 is 11.8 Å². The predicted octanol–water partition coefficient (Wildman–Crippen LogP) is 4.73. The molecule has 0 heterocycles. The Balaban J connectivity index is 2.11. The molecule has 0 spiro atoms. The smallest absolute Gasteiger partial charge is 0.347 e. The molecule has 5 heteroatoms. The van der Waals surface area contributed by atoms with E-state index in [-0.39, 0.29) is 28.8 Å². The van der Waals surface area contributed by atoms with Crippen molar-refractivity contribution < 1.29 is 23.9 Å². The molecular formula is C25H34NO4+. The lowest BCUT2D eigenvalue weighted by atomic mass is 9.96. The SMILES string of the molecule is CC(CC[N+](C)(C)C)Cc1ccc(C(=O)Oc2ccccc2C(=O)C(C)C)c(O)c1. The summed E-state index contributed by atoms with van der Waals surface area (Å²) >= 11 is 0. The molecule has 2 aromatic rings. The molecule has 0 aromatic heterocycles. The van der Waals surface area contributed by atoms with Gasteiger partial charge in [-0.05, 0) is 48.6 Å². The Morgan fingerprint density at radius 2 is 1.67 bits per heavy atom. The molecule has 0 aliphatic rings. The number of esters is 1. The van der Waals surface area contributed by atoms with Crippen LogP contribution in [0.4, 0.5) is 0 Å². The van der Waals surface area contributed by atoms with E-state index in [1.807, 2.05) is 6.07 Å². The average Bonchev–Trinajstić information content (AvgIpc) is 2.65. The van der Waals surface area contributed by atoms with Crippen LogP contribution in [0.5, 0.6) is 11.5 Å². The summed E-state index contributed by atoms with van der Waals surface area (Å²) in [5.41, 5.74) is 1.43. The molecule has 1 unspecified atom stereocenters. The number of para-hydroxylation sites is 1. The minimum atomic E-state index is -0.680. The highest BCUT2D eigenvalue weighted by atomic mass is 16.5. The Morgan fingerprint density at radius 3 is 2.27 bits per heavy atom. The Morgan fingerprint density at radius 1 is 1.00 bits per heavy atom. The third kappa shape index (κ3) is 6.70. The number of phenolic OH excluding ortho intramolecular Hbond substituents is 1. The van der Waals surface area contributed by atoms with Crippen molar-refractivity contribution in [1.82, 2.24) is 0 Å². The van der Waals surface area contributed by atoms with Gasteiger partial charge < -0.3 is 14.3 Å². The summed E-state index contributed by atoms with van der Waals surface area (Å²) in [6.45, 7) is 6.86. The van der Waals surface area contributed by atoms with E-state index in [0.29, 0.717) is 11.5 Å². The van der Waals surface area contributed by atoms with Gasteiger partial charge in [0.05, 0.1) is 33.3 Å². The molecule has 0 amide bonds. The molecular weight excluding hydrogens is 378 g/mol. The fourth-order valence-corrected chi connectivity index (χ4v) is 3.21. The number of quaternary nitrogens is 1. The number of ether oxygens (including phenoxy) is 1. The first-order valence-corrected chi connectivity index (χ1v) is 10.5. The minimum absolute atomic E-state index is 0.0876. The first-order valence-electron chi connectivity index (χ1n) is 10.5. The molecule has 0 fully saturated rings. The van der Waals surface area contributed by atoms with E-state index >= 15 is 0 Å². The Bertz CT molecular complexity index is 896. The second kappa shape index (κ2) is 9.90. The molecule has 0 bridgehead atoms. The summed E-state index contributed by atoms with van der Waals surface area (Å²) in [6, 6.07) is 11.7. The third-order valence-electron chi connectivity index (χ3n) is 5.04. The van der Waals surface area contributed by atoms with Gasteiger partial charge in [-0.3, -0.25) is 4.79 Å². The molecule has 0 aliphatic carbocycles. The first kappa shape index (κ1) is 23.6. The normalized spacial score (nSPS) is 12.6. The van der Waals surface area contributed by atoms with Crippen LogP contribution in [0.25, 0.3) is 0 Å². The van der Waals surface area contributed by atoms with Crippen LogP contribution < -0.4 is 4.74 Å². The van der Waals surface area contributed by atoms with Crippen LogP contribution in [0, 0.1) is 11.8 Å². The van der Waals surface area contributed by atoms with Crippen LogP contribution in [-0.4, -0.2) is 49.0 Å². The Labute approximate surface area is 179 Å². The molecule has 2 rings (SSSR count). The third-order valence-corrected chi connectivity index (χ3v) is 5.04. The van der Waals surface area contributed by atoms with E-state index in [9.17, 15) is 14.7 Å². The standard InChI is InChI=1S/C25H33NO4/c1-17(2)24(28)21-9-7-8-10-23(21)30-25(29)20-12-11-19(16-22(20)27)15-18(3)13-14-26(4,5)6/h7-12,16-18H,13-15H2,1-6H3/p+1. The number of ketones is 1. The second-order valence-corrected chi connectivity index (χ2v) is 9.37. The van der Waals surface area contributed by atoms with Crippen LogP contribution in [0.1, 0.15) is 53.5 Å². The highest BCUT2D eigenvalue weighted by Crippen LogP contribution is 2.26. The highest BCUT2D eigenvalue weighted by Gasteiger charge is 2.20. The van der Waals surface area contributed by atoms with Crippen molar-refractivity contribution in [3.8, 4) is 11.5 Å². The maximum absolute atomic E-state index is 12.6. The quantitative estimate of drug-likeness (QED) is 0.280. The highest BCUT2D eigenvalue weighted by molar-refractivity contribution is 6.01. The Kier molecular flexibility index (Phi) is 7.79. The van der Waals surface area contributed by atoms with Crippen LogP contribution in [-0.2, 0) is 6.42 Å². The van der Waals surface area contributed by atoms with Crippen molar-refractivity contribution in [1.29, 1.82) is 0 Å². The largest absolute Gasteiger partial charge is 0.507 e. The number of phenols is 1. The fourth-order valence-electron chi connectivity index (χ4n) is 3.21. The van der Waals surface area contributed by atoms with Gasteiger partial charge >= 0.3 is 5.97 Å². The zero-order valence-corrected chi connectivity index (χ0v) is 18.9. The number of hydrogen-bond acceptors (Lipinski definition) is 4. The summed E-state index contributed by atoms with van der Waals surface area (Å²) in [5.74, 6) is -0.422. The minimum Gasteiger partial charge on any atom is -0.507 e. The maximum Gasteiger partial charge on any atom is 0.347 e. The zero-order valence-electron chi connectivity index (χ0n) is 18.9. The molecule has 30 heavy (non-hydrogen) atoms. The number of carbonyl (C=O) groups is 2. The molecule has 0 saturated carbocycles. The van der Waals surface area contributed by atoms with Gasteiger partial charge in [-0.1, -0.05) is 39.0 Å². The van der Waals surface area contributed by atoms with Gasteiger partial charge in [0, 0.05) is 5.92 Å². The first-order chi connectivity index (χ1) is 14.0. The van der Waals surface area contributed by atoms with E-state index in [1.54, 1.807) is 50.2 Å². The lowest BCUT2D eigenvalue weighted by molar-refractivity contribution is -0.870. The maximum atomic E-state index is 12.6. The van der Waals surface area contributed by atoms with E-state index in [0.717, 1.165) is 29.4 Å². The van der Waals surface area contributed by atoms with Crippen LogP contribution in [0.2, 0.25) is 0 Å². The van der Waals surface area contributed by atoms with E-state index < -0.39 is 5.97 Å². The van der Waals surface area contributed by atoms with Crippen molar-refractivity contribution in [2.75, 3.05) is 27.7 Å². The summed E-state index contributed by atoms with van der Waals surface area (Å²) in [4.78, 5) is 25.0. The number of aromatic hydroxyl groups is 1. The van der Waals surface area contributed by atoms with Gasteiger partial charge in [0.25, 0.3) is 0 Å². The number of benzene rings is 2. The average molecular weight is 413 g/mol. The van der Waals surface area contributed by atoms with Crippen LogP contribution >= 0.6 is 0 Å². The molecule has 0 saturated heterocycles. The monoisotopic (exact) mass is 412 g/mol. The van der Waals surface area contributed by atoms with E-state index in [2.05, 4.69) is 28.1 Å². The molecule has 1 N–H and O–H groups in total. The number of carbonyl (C=O) groups excluding carboxylic acids is 2. The van der Waals surface area contributed by atoms with Gasteiger partial charge in [0.15, 0.2) is 5.78 Å². The van der Waals surface area contributed by atoms with Gasteiger partial charge in [-0.25, -0.2) is 4.79 Å². The number of nitrogens with zero attached hydrogens (tertiary/aromatic N) is 1. The summed E-state index contributed by atoms with van der Waals surface area (Å²) < 4.78 is 6.38. The summed E-state index contributed by atoms with van der Waals surface area (Å²) in [5, 5.41) is 10.4. The van der Waals surface area contributed by atoms with Crippen molar-refractivity contribution in [3.63, 3.8) is 0 Å². The van der Waals surface area contributed by atoms with Crippen LogP contribution in [0.15, 0.2) is 42.5 Å². The van der Waals surface area contributed by atoms with Crippen LogP contribution in [0.3, 0.4) is 0 Å². The summed E-state index contributed by atoms with van der Waals surface area (Å²) in [7, 11) is 6.52. The lowest BCUT2D eigenvalue weighted by Crippen LogP contribution is -2.36. The van der Waals surface area contributed by atoms with Gasteiger partial charge in [-0.2, -0.15) is 0 Å². The van der Waals surface area contributed by atoms with E-state index in [4.69, 9.17) is 4.74 Å². The molecule has 1 atom stereocenters. The molecule has 162 valence electrons. The fraction of sp³-hybridized carbons (Fsp3) is 0.440. The zero-order chi connectivity index (χ0) is 22.5. The summed E-state index contributed by atoms with van der Waals surface area (Å²) in [6.07, 6.45) is 1.91. The van der Waals surface area contributed by atoms with Crippen molar-refractivity contribution in [3.05, 3.63) is 59.2 Å². The van der Waals surface area contributed by atoms with Gasteiger partial charge in [0.1, 0.15) is 17.1 Å². The number of Topliss-reactive ketones (excluding diaryl/α,β-unsaturated/α-hetero) is 1. The van der Waals surface area contributed by atoms with E-state index in [1.165, 1.54) is 0 Å². The molecule has 5 nitrogen and oxygen atoms in total. The molecule has 0 radical (unpaired) electrons. The van der Waals surface area contributed by atoms with Crippen molar-refractivity contribution in [2.45, 2.75) is 33.6 Å². The van der Waals surface area contributed by atoms with Gasteiger partial charge in [-0.15, -0.1) is 0 Å². The molecule has 0 aliphatic heterocycles. The number of rotatable bonds is 9. The lowest BCUT2D eigenvalue weighted by Gasteiger charge is -2.25. The Hall–Kier alpha value is -2.66. The second-order valence-electron chi connectivity index (χ2n) is 9.37. The van der Waals surface area contributed by atoms with Gasteiger partial charge in [0.2, 0.25) is 0 Å². The number of hydrogen-bond donors (Lipinski definition) is 1.